The SMILES string of the molecule is CC(O)(I)NCC(=O)O. The molecular formula is C4H8INO3. The van der Waals surface area contributed by atoms with Crippen molar-refractivity contribution in [2.75, 3.05) is 6.54 Å². The van der Waals surface area contributed by atoms with E-state index < -0.39 is 9.70 Å². The van der Waals surface area contributed by atoms with Gasteiger partial charge in [-0.25, -0.2) is 0 Å². The molecule has 0 rings (SSSR count). The third-order valence-electron chi connectivity index (χ3n) is 0.562. The Bertz CT molecular complexity index is 109. The highest BCUT2D eigenvalue weighted by Gasteiger charge is 2.13. The number of aliphatic hydroxyl groups is 1. The second-order valence-corrected chi connectivity index (χ2v) is 3.80. The molecule has 0 saturated carbocycles. The van der Waals surface area contributed by atoms with Crippen molar-refractivity contribution in [1.82, 2.24) is 5.32 Å². The van der Waals surface area contributed by atoms with Gasteiger partial charge in [0.15, 0.2) is 3.73 Å². The zero-order chi connectivity index (χ0) is 7.49. The van der Waals surface area contributed by atoms with Crippen molar-refractivity contribution in [3.63, 3.8) is 0 Å². The molecule has 1 unspecified atom stereocenters. The van der Waals surface area contributed by atoms with Gasteiger partial charge in [-0.3, -0.25) is 10.1 Å². The summed E-state index contributed by atoms with van der Waals surface area (Å²) in [5.74, 6) is -0.980. The summed E-state index contributed by atoms with van der Waals surface area (Å²) in [5.41, 5.74) is 0. The maximum atomic E-state index is 9.87. The predicted molar refractivity (Wildman–Crippen MR) is 40.3 cm³/mol. The van der Waals surface area contributed by atoms with Crippen molar-refractivity contribution in [3.05, 3.63) is 0 Å². The van der Waals surface area contributed by atoms with E-state index in [0.29, 0.717) is 0 Å². The predicted octanol–water partition coefficient (Wildman–Crippen LogP) is -0.238. The number of hydrogen-bond acceptors (Lipinski definition) is 3. The fourth-order valence-corrected chi connectivity index (χ4v) is 0.428. The number of alkyl halides is 1. The lowest BCUT2D eigenvalue weighted by atomic mass is 10.6. The van der Waals surface area contributed by atoms with Gasteiger partial charge in [-0.05, 0) is 29.5 Å². The lowest BCUT2D eigenvalue weighted by Gasteiger charge is -2.14. The average molecular weight is 245 g/mol. The molecule has 54 valence electrons. The minimum atomic E-state index is -1.13. The monoisotopic (exact) mass is 245 g/mol. The molecule has 0 fully saturated rings. The Morgan fingerprint density at radius 2 is 2.33 bits per heavy atom. The Morgan fingerprint density at radius 1 is 1.89 bits per heavy atom. The van der Waals surface area contributed by atoms with Gasteiger partial charge in [-0.1, -0.05) is 0 Å². The summed E-state index contributed by atoms with van der Waals surface area (Å²) >= 11 is 1.69. The minimum absolute atomic E-state index is 0.226. The summed E-state index contributed by atoms with van der Waals surface area (Å²) in [5, 5.41) is 19.3. The van der Waals surface area contributed by atoms with Gasteiger partial charge in [-0.2, -0.15) is 0 Å². The van der Waals surface area contributed by atoms with E-state index in [-0.39, 0.29) is 6.54 Å². The molecule has 5 heteroatoms. The molecule has 0 aliphatic rings. The molecule has 4 nitrogen and oxygen atoms in total. The summed E-state index contributed by atoms with van der Waals surface area (Å²) < 4.78 is -1.13. The van der Waals surface area contributed by atoms with Crippen LogP contribution in [-0.4, -0.2) is 26.5 Å². The molecule has 9 heavy (non-hydrogen) atoms. The molecule has 0 aliphatic heterocycles. The second kappa shape index (κ2) is 3.33. The van der Waals surface area contributed by atoms with Crippen LogP contribution in [0.1, 0.15) is 6.92 Å². The summed E-state index contributed by atoms with van der Waals surface area (Å²) in [4.78, 5) is 9.87. The summed E-state index contributed by atoms with van der Waals surface area (Å²) in [6.45, 7) is 1.24. The Hall–Kier alpha value is 0.120. The number of nitrogens with one attached hydrogen (secondary N) is 1. The van der Waals surface area contributed by atoms with Crippen LogP contribution < -0.4 is 5.32 Å². The fraction of sp³-hybridized carbons (Fsp3) is 0.750. The normalized spacial score (nSPS) is 16.8. The molecule has 0 aromatic heterocycles. The van der Waals surface area contributed by atoms with E-state index in [4.69, 9.17) is 10.2 Å². The van der Waals surface area contributed by atoms with Gasteiger partial charge in [0, 0.05) is 0 Å². The van der Waals surface area contributed by atoms with E-state index in [1.807, 2.05) is 0 Å². The molecule has 0 saturated heterocycles. The second-order valence-electron chi connectivity index (χ2n) is 1.70. The molecule has 0 aliphatic carbocycles. The standard InChI is InChI=1S/C4H8INO3/c1-4(5,9)6-2-3(7)8/h6,9H,2H2,1H3,(H,7,8). The van der Waals surface area contributed by atoms with Crippen LogP contribution in [0.25, 0.3) is 0 Å². The first-order valence-electron chi connectivity index (χ1n) is 2.30. The number of rotatable bonds is 3. The number of hydrogen-bond donors (Lipinski definition) is 3. The molecule has 3 N–H and O–H groups in total. The van der Waals surface area contributed by atoms with E-state index in [2.05, 4.69) is 5.32 Å². The van der Waals surface area contributed by atoms with Crippen LogP contribution in [0.15, 0.2) is 0 Å². The summed E-state index contributed by atoms with van der Waals surface area (Å²) in [7, 11) is 0. The van der Waals surface area contributed by atoms with E-state index >= 15 is 0 Å². The van der Waals surface area contributed by atoms with Crippen molar-refractivity contribution in [1.29, 1.82) is 0 Å². The van der Waals surface area contributed by atoms with Crippen molar-refractivity contribution in [2.24, 2.45) is 0 Å². The molecule has 0 aromatic carbocycles. The highest BCUT2D eigenvalue weighted by molar-refractivity contribution is 14.1. The Balaban J connectivity index is 3.39. The van der Waals surface area contributed by atoms with Crippen molar-refractivity contribution >= 4 is 28.6 Å². The molecular weight excluding hydrogens is 237 g/mol. The lowest BCUT2D eigenvalue weighted by Crippen LogP contribution is -2.38. The molecule has 1 atom stereocenters. The van der Waals surface area contributed by atoms with Crippen molar-refractivity contribution in [2.45, 2.75) is 10.7 Å². The lowest BCUT2D eigenvalue weighted by molar-refractivity contribution is -0.136. The quantitative estimate of drug-likeness (QED) is 0.278. The number of carbonyl (C=O) groups is 1. The molecule has 0 aromatic rings. The van der Waals surface area contributed by atoms with Crippen LogP contribution in [0.3, 0.4) is 0 Å². The minimum Gasteiger partial charge on any atom is -0.480 e. The zero-order valence-electron chi connectivity index (χ0n) is 4.89. The molecule has 0 bridgehead atoms. The van der Waals surface area contributed by atoms with Crippen LogP contribution in [0.4, 0.5) is 0 Å². The largest absolute Gasteiger partial charge is 0.480 e. The maximum absolute atomic E-state index is 9.87. The zero-order valence-corrected chi connectivity index (χ0v) is 7.05. The van der Waals surface area contributed by atoms with Crippen LogP contribution in [0, 0.1) is 0 Å². The van der Waals surface area contributed by atoms with Gasteiger partial charge < -0.3 is 10.2 Å². The Morgan fingerprint density at radius 3 is 2.44 bits per heavy atom. The van der Waals surface area contributed by atoms with Crippen molar-refractivity contribution in [3.8, 4) is 0 Å². The van der Waals surface area contributed by atoms with Crippen LogP contribution in [0.5, 0.6) is 0 Å². The maximum Gasteiger partial charge on any atom is 0.317 e. The number of aliphatic carboxylic acids is 1. The van der Waals surface area contributed by atoms with E-state index in [1.165, 1.54) is 6.92 Å². The van der Waals surface area contributed by atoms with Crippen LogP contribution in [0.2, 0.25) is 0 Å². The third kappa shape index (κ3) is 8.12. The smallest absolute Gasteiger partial charge is 0.317 e. The van der Waals surface area contributed by atoms with Crippen LogP contribution in [-0.2, 0) is 4.79 Å². The van der Waals surface area contributed by atoms with Gasteiger partial charge in [0.1, 0.15) is 0 Å². The van der Waals surface area contributed by atoms with E-state index in [9.17, 15) is 4.79 Å². The number of carboxylic acid groups (broad SMARTS) is 1. The third-order valence-corrected chi connectivity index (χ3v) is 0.944. The van der Waals surface area contributed by atoms with Gasteiger partial charge >= 0.3 is 5.97 Å². The molecule has 0 spiro atoms. The van der Waals surface area contributed by atoms with Gasteiger partial charge in [0.05, 0.1) is 6.54 Å². The fourth-order valence-electron chi connectivity index (χ4n) is 0.237. The highest BCUT2D eigenvalue weighted by atomic mass is 127. The van der Waals surface area contributed by atoms with Crippen molar-refractivity contribution < 1.29 is 15.0 Å². The average Bonchev–Trinajstić information content (AvgIpc) is 1.59. The van der Waals surface area contributed by atoms with E-state index in [1.54, 1.807) is 22.6 Å². The molecule has 0 radical (unpaired) electrons. The van der Waals surface area contributed by atoms with Gasteiger partial charge in [-0.15, -0.1) is 0 Å². The summed E-state index contributed by atoms with van der Waals surface area (Å²) in [6.07, 6.45) is 0. The van der Waals surface area contributed by atoms with Gasteiger partial charge in [0.2, 0.25) is 0 Å². The topological polar surface area (TPSA) is 69.6 Å². The molecule has 0 heterocycles. The molecule has 0 amide bonds. The van der Waals surface area contributed by atoms with Crippen LogP contribution >= 0.6 is 22.6 Å². The Kier molecular flexibility index (Phi) is 3.37. The van der Waals surface area contributed by atoms with E-state index in [0.717, 1.165) is 0 Å². The first-order chi connectivity index (χ1) is 3.92. The number of carboxylic acids is 1. The number of halogens is 1. The first kappa shape index (κ1) is 9.12. The highest BCUT2D eigenvalue weighted by Crippen LogP contribution is 2.06. The van der Waals surface area contributed by atoms with Gasteiger partial charge in [0.25, 0.3) is 0 Å². The first-order valence-corrected chi connectivity index (χ1v) is 3.38. The summed E-state index contributed by atoms with van der Waals surface area (Å²) in [6, 6.07) is 0. The Labute approximate surface area is 66.4 Å².